The molecule has 1 aromatic heterocycles. The van der Waals surface area contributed by atoms with Crippen LogP contribution in [0.5, 0.6) is 0 Å². The summed E-state index contributed by atoms with van der Waals surface area (Å²) in [5.74, 6) is 0. The number of nitrogens with two attached hydrogens (primary N) is 1. The standard InChI is InChI=1S/C18H24N2O/c1-3-4-5-12-20-13-6-7-16(18(20)21)17(19)15-10-8-14(2)9-11-15/h6-11,13,17H,3-5,12,19H2,1-2H3. The van der Waals surface area contributed by atoms with Crippen molar-refractivity contribution >= 4 is 0 Å². The van der Waals surface area contributed by atoms with E-state index in [1.165, 1.54) is 5.56 Å². The van der Waals surface area contributed by atoms with Crippen LogP contribution in [-0.4, -0.2) is 4.57 Å². The third kappa shape index (κ3) is 3.82. The number of pyridine rings is 1. The van der Waals surface area contributed by atoms with Crippen LogP contribution in [0.3, 0.4) is 0 Å². The fourth-order valence-corrected chi connectivity index (χ4v) is 2.45. The van der Waals surface area contributed by atoms with E-state index in [1.807, 2.05) is 49.5 Å². The summed E-state index contributed by atoms with van der Waals surface area (Å²) >= 11 is 0. The molecule has 1 heterocycles. The summed E-state index contributed by atoms with van der Waals surface area (Å²) < 4.78 is 1.78. The predicted molar refractivity (Wildman–Crippen MR) is 87.4 cm³/mol. The van der Waals surface area contributed by atoms with Crippen LogP contribution in [0.2, 0.25) is 0 Å². The second kappa shape index (κ2) is 7.23. The van der Waals surface area contributed by atoms with E-state index in [1.54, 1.807) is 4.57 Å². The highest BCUT2D eigenvalue weighted by molar-refractivity contribution is 5.31. The van der Waals surface area contributed by atoms with Gasteiger partial charge in [0, 0.05) is 18.3 Å². The number of aryl methyl sites for hydroxylation is 2. The van der Waals surface area contributed by atoms with Crippen LogP contribution in [0.4, 0.5) is 0 Å². The van der Waals surface area contributed by atoms with Gasteiger partial charge in [-0.2, -0.15) is 0 Å². The molecule has 112 valence electrons. The summed E-state index contributed by atoms with van der Waals surface area (Å²) in [6.45, 7) is 4.96. The van der Waals surface area contributed by atoms with E-state index in [-0.39, 0.29) is 11.6 Å². The van der Waals surface area contributed by atoms with Gasteiger partial charge < -0.3 is 10.3 Å². The summed E-state index contributed by atoms with van der Waals surface area (Å²) in [5.41, 5.74) is 9.14. The van der Waals surface area contributed by atoms with Crippen molar-refractivity contribution in [2.75, 3.05) is 0 Å². The number of rotatable bonds is 6. The Morgan fingerprint density at radius 3 is 2.52 bits per heavy atom. The minimum Gasteiger partial charge on any atom is -0.320 e. The molecule has 0 spiro atoms. The fraction of sp³-hybridized carbons (Fsp3) is 0.389. The van der Waals surface area contributed by atoms with Gasteiger partial charge in [-0.1, -0.05) is 55.7 Å². The average molecular weight is 284 g/mol. The van der Waals surface area contributed by atoms with E-state index in [2.05, 4.69) is 6.92 Å². The van der Waals surface area contributed by atoms with E-state index < -0.39 is 0 Å². The largest absolute Gasteiger partial charge is 0.320 e. The molecule has 0 saturated carbocycles. The highest BCUT2D eigenvalue weighted by atomic mass is 16.1. The third-order valence-corrected chi connectivity index (χ3v) is 3.82. The number of unbranched alkanes of at least 4 members (excludes halogenated alkanes) is 2. The lowest BCUT2D eigenvalue weighted by Gasteiger charge is -2.14. The number of aromatic nitrogens is 1. The van der Waals surface area contributed by atoms with Crippen LogP contribution in [-0.2, 0) is 6.54 Å². The summed E-state index contributed by atoms with van der Waals surface area (Å²) in [6.07, 6.45) is 5.17. The monoisotopic (exact) mass is 284 g/mol. The van der Waals surface area contributed by atoms with E-state index in [0.29, 0.717) is 5.56 Å². The Morgan fingerprint density at radius 2 is 1.86 bits per heavy atom. The predicted octanol–water partition coefficient (Wildman–Crippen LogP) is 3.40. The Kier molecular flexibility index (Phi) is 5.34. The molecule has 1 aromatic carbocycles. The van der Waals surface area contributed by atoms with Gasteiger partial charge in [-0.3, -0.25) is 4.79 Å². The zero-order valence-corrected chi connectivity index (χ0v) is 12.9. The van der Waals surface area contributed by atoms with Gasteiger partial charge >= 0.3 is 0 Å². The first kappa shape index (κ1) is 15.5. The van der Waals surface area contributed by atoms with E-state index in [4.69, 9.17) is 5.73 Å². The van der Waals surface area contributed by atoms with Crippen LogP contribution >= 0.6 is 0 Å². The smallest absolute Gasteiger partial charge is 0.255 e. The molecule has 0 aliphatic carbocycles. The van der Waals surface area contributed by atoms with Crippen molar-refractivity contribution in [2.45, 2.75) is 45.7 Å². The number of hydrogen-bond acceptors (Lipinski definition) is 2. The van der Waals surface area contributed by atoms with Gasteiger partial charge in [-0.05, 0) is 25.0 Å². The molecule has 0 aliphatic heterocycles. The maximum atomic E-state index is 12.5. The normalized spacial score (nSPS) is 12.3. The van der Waals surface area contributed by atoms with Crippen molar-refractivity contribution in [3.05, 3.63) is 69.6 Å². The van der Waals surface area contributed by atoms with E-state index in [9.17, 15) is 4.79 Å². The molecule has 0 saturated heterocycles. The summed E-state index contributed by atoms with van der Waals surface area (Å²) in [4.78, 5) is 12.5. The van der Waals surface area contributed by atoms with E-state index >= 15 is 0 Å². The molecule has 1 atom stereocenters. The highest BCUT2D eigenvalue weighted by Crippen LogP contribution is 2.17. The molecule has 0 fully saturated rings. The maximum absolute atomic E-state index is 12.5. The second-order valence-corrected chi connectivity index (χ2v) is 5.56. The Morgan fingerprint density at radius 1 is 1.14 bits per heavy atom. The first-order valence-corrected chi connectivity index (χ1v) is 7.65. The summed E-state index contributed by atoms with van der Waals surface area (Å²) in [7, 11) is 0. The topological polar surface area (TPSA) is 48.0 Å². The van der Waals surface area contributed by atoms with Gasteiger partial charge in [0.2, 0.25) is 0 Å². The van der Waals surface area contributed by atoms with Gasteiger partial charge in [0.25, 0.3) is 5.56 Å². The van der Waals surface area contributed by atoms with Crippen LogP contribution in [0, 0.1) is 6.92 Å². The lowest BCUT2D eigenvalue weighted by atomic mass is 10.00. The van der Waals surface area contributed by atoms with Crippen LogP contribution in [0.15, 0.2) is 47.4 Å². The van der Waals surface area contributed by atoms with Gasteiger partial charge in [-0.15, -0.1) is 0 Å². The number of benzene rings is 1. The highest BCUT2D eigenvalue weighted by Gasteiger charge is 2.13. The van der Waals surface area contributed by atoms with Gasteiger partial charge in [-0.25, -0.2) is 0 Å². The van der Waals surface area contributed by atoms with Gasteiger partial charge in [0.15, 0.2) is 0 Å². The SMILES string of the molecule is CCCCCn1cccc(C(N)c2ccc(C)cc2)c1=O. The van der Waals surface area contributed by atoms with Crippen LogP contribution in [0.25, 0.3) is 0 Å². The van der Waals surface area contributed by atoms with Gasteiger partial charge in [0.05, 0.1) is 6.04 Å². The molecule has 0 aliphatic rings. The molecule has 0 radical (unpaired) electrons. The first-order chi connectivity index (χ1) is 10.1. The Labute approximate surface area is 126 Å². The molecular weight excluding hydrogens is 260 g/mol. The summed E-state index contributed by atoms with van der Waals surface area (Å²) in [6, 6.07) is 11.4. The molecule has 3 heteroatoms. The lowest BCUT2D eigenvalue weighted by Crippen LogP contribution is -2.28. The summed E-state index contributed by atoms with van der Waals surface area (Å²) in [5, 5.41) is 0. The van der Waals surface area contributed by atoms with Gasteiger partial charge in [0.1, 0.15) is 0 Å². The third-order valence-electron chi connectivity index (χ3n) is 3.82. The molecule has 1 unspecified atom stereocenters. The maximum Gasteiger partial charge on any atom is 0.255 e. The van der Waals surface area contributed by atoms with E-state index in [0.717, 1.165) is 31.4 Å². The molecule has 0 amide bonds. The fourth-order valence-electron chi connectivity index (χ4n) is 2.45. The first-order valence-electron chi connectivity index (χ1n) is 7.65. The second-order valence-electron chi connectivity index (χ2n) is 5.56. The molecule has 2 N–H and O–H groups in total. The quantitative estimate of drug-likeness (QED) is 0.826. The molecule has 2 aromatic rings. The average Bonchev–Trinajstić information content (AvgIpc) is 2.49. The zero-order valence-electron chi connectivity index (χ0n) is 12.9. The molecular formula is C18H24N2O. The number of nitrogens with zero attached hydrogens (tertiary/aromatic N) is 1. The van der Waals surface area contributed by atoms with Crippen molar-refractivity contribution < 1.29 is 0 Å². The molecule has 2 rings (SSSR count). The van der Waals surface area contributed by atoms with Crippen molar-refractivity contribution in [3.63, 3.8) is 0 Å². The molecule has 3 nitrogen and oxygen atoms in total. The Bertz CT molecular complexity index is 628. The minimum absolute atomic E-state index is 0.0293. The van der Waals surface area contributed by atoms with Crippen molar-refractivity contribution in [2.24, 2.45) is 5.73 Å². The number of hydrogen-bond donors (Lipinski definition) is 1. The van der Waals surface area contributed by atoms with Crippen molar-refractivity contribution in [1.82, 2.24) is 4.57 Å². The lowest BCUT2D eigenvalue weighted by molar-refractivity contribution is 0.581. The Balaban J connectivity index is 2.25. The van der Waals surface area contributed by atoms with Crippen LogP contribution in [0.1, 0.15) is 48.9 Å². The molecule has 21 heavy (non-hydrogen) atoms. The molecule has 0 bridgehead atoms. The Hall–Kier alpha value is -1.87. The minimum atomic E-state index is -0.364. The van der Waals surface area contributed by atoms with Crippen molar-refractivity contribution in [3.8, 4) is 0 Å². The zero-order chi connectivity index (χ0) is 15.2. The van der Waals surface area contributed by atoms with Crippen LogP contribution < -0.4 is 11.3 Å². The van der Waals surface area contributed by atoms with Crippen molar-refractivity contribution in [1.29, 1.82) is 0 Å².